The Bertz CT molecular complexity index is 1120. The summed E-state index contributed by atoms with van der Waals surface area (Å²) in [6.07, 6.45) is 3.88. The minimum absolute atomic E-state index is 0.0696. The van der Waals surface area contributed by atoms with E-state index in [1.165, 1.54) is 27.9 Å². The van der Waals surface area contributed by atoms with Gasteiger partial charge in [0.2, 0.25) is 0 Å². The van der Waals surface area contributed by atoms with E-state index in [1.54, 1.807) is 6.08 Å². The van der Waals surface area contributed by atoms with Gasteiger partial charge in [0.05, 0.1) is 18.9 Å². The van der Waals surface area contributed by atoms with Crippen LogP contribution in [0.4, 0.5) is 0 Å². The van der Waals surface area contributed by atoms with Crippen molar-refractivity contribution in [2.24, 2.45) is 0 Å². The van der Waals surface area contributed by atoms with Crippen LogP contribution in [0.3, 0.4) is 0 Å². The van der Waals surface area contributed by atoms with Crippen molar-refractivity contribution in [2.45, 2.75) is 33.8 Å². The van der Waals surface area contributed by atoms with Crippen molar-refractivity contribution in [3.63, 3.8) is 0 Å². The van der Waals surface area contributed by atoms with E-state index in [1.807, 2.05) is 44.4 Å². The van der Waals surface area contributed by atoms with Crippen LogP contribution in [0.1, 0.15) is 37.2 Å². The van der Waals surface area contributed by atoms with Crippen LogP contribution in [0.25, 0.3) is 11.0 Å². The van der Waals surface area contributed by atoms with Gasteiger partial charge in [-0.3, -0.25) is 9.20 Å². The molecule has 2 heterocycles. The zero-order valence-electron chi connectivity index (χ0n) is 17.2. The molecule has 7 nitrogen and oxygen atoms in total. The van der Waals surface area contributed by atoms with E-state index in [9.17, 15) is 9.59 Å². The van der Waals surface area contributed by atoms with E-state index >= 15 is 0 Å². The number of esters is 1. The fourth-order valence-corrected chi connectivity index (χ4v) is 3.65. The summed E-state index contributed by atoms with van der Waals surface area (Å²) in [7, 11) is 0. The van der Waals surface area contributed by atoms with Crippen LogP contribution in [0.5, 0.6) is 11.5 Å². The fourth-order valence-electron chi connectivity index (χ4n) is 2.76. The Kier molecular flexibility index (Phi) is 7.24. The highest BCUT2D eigenvalue weighted by atomic mass is 32.1. The van der Waals surface area contributed by atoms with Crippen molar-refractivity contribution < 1.29 is 19.0 Å². The summed E-state index contributed by atoms with van der Waals surface area (Å²) in [5.74, 6) is 0.782. The number of rotatable bonds is 9. The van der Waals surface area contributed by atoms with Crippen molar-refractivity contribution in [1.82, 2.24) is 9.38 Å². The maximum atomic E-state index is 12.2. The Morgan fingerprint density at radius 1 is 1.20 bits per heavy atom. The number of aryl methyl sites for hydroxylation is 1. The average molecular weight is 429 g/mol. The van der Waals surface area contributed by atoms with E-state index < -0.39 is 5.97 Å². The fraction of sp³-hybridized carbons (Fsp3) is 0.318. The molecule has 0 spiro atoms. The maximum absolute atomic E-state index is 12.2. The topological polar surface area (TPSA) is 79.1 Å². The van der Waals surface area contributed by atoms with Crippen LogP contribution >= 0.6 is 11.3 Å². The minimum Gasteiger partial charge on any atom is -0.490 e. The normalized spacial score (nSPS) is 11.2. The quantitative estimate of drug-likeness (QED) is 0.379. The molecule has 2 aromatic heterocycles. The first-order valence-corrected chi connectivity index (χ1v) is 10.6. The monoisotopic (exact) mass is 428 g/mol. The summed E-state index contributed by atoms with van der Waals surface area (Å²) in [6.45, 7) is 6.83. The molecule has 0 aliphatic carbocycles. The lowest BCUT2D eigenvalue weighted by atomic mass is 10.2. The number of fused-ring (bicyclic) bond motifs is 1. The predicted molar refractivity (Wildman–Crippen MR) is 116 cm³/mol. The van der Waals surface area contributed by atoms with Gasteiger partial charge >= 0.3 is 5.97 Å². The molecule has 0 fully saturated rings. The first-order valence-electron chi connectivity index (χ1n) is 9.73. The lowest BCUT2D eigenvalue weighted by molar-refractivity contribution is -0.139. The number of benzene rings is 1. The molecule has 0 saturated carbocycles. The summed E-state index contributed by atoms with van der Waals surface area (Å²) in [5.41, 5.74) is 1.84. The van der Waals surface area contributed by atoms with Crippen LogP contribution in [-0.4, -0.2) is 28.6 Å². The van der Waals surface area contributed by atoms with Gasteiger partial charge in [-0.05, 0) is 44.0 Å². The van der Waals surface area contributed by atoms with Gasteiger partial charge in [0.25, 0.3) is 5.56 Å². The van der Waals surface area contributed by atoms with Gasteiger partial charge < -0.3 is 14.2 Å². The largest absolute Gasteiger partial charge is 0.490 e. The molecule has 1 aromatic carbocycles. The highest BCUT2D eigenvalue weighted by molar-refractivity contribution is 7.15. The van der Waals surface area contributed by atoms with Crippen LogP contribution < -0.4 is 15.0 Å². The van der Waals surface area contributed by atoms with Crippen molar-refractivity contribution in [3.05, 3.63) is 63.0 Å². The molecule has 0 aliphatic rings. The number of hydrogen-bond donors (Lipinski definition) is 0. The third-order valence-electron chi connectivity index (χ3n) is 4.13. The van der Waals surface area contributed by atoms with Crippen LogP contribution in [0, 0.1) is 6.92 Å². The van der Waals surface area contributed by atoms with Crippen molar-refractivity contribution in [2.75, 3.05) is 13.2 Å². The summed E-state index contributed by atoms with van der Waals surface area (Å²) < 4.78 is 18.1. The molecule has 158 valence electrons. The van der Waals surface area contributed by atoms with E-state index in [0.29, 0.717) is 35.4 Å². The molecule has 0 N–H and O–H groups in total. The molecule has 3 aromatic rings. The second-order valence-corrected chi connectivity index (χ2v) is 7.35. The maximum Gasteiger partial charge on any atom is 0.331 e. The Morgan fingerprint density at radius 3 is 2.80 bits per heavy atom. The molecular weight excluding hydrogens is 404 g/mol. The Balaban J connectivity index is 1.64. The van der Waals surface area contributed by atoms with E-state index in [2.05, 4.69) is 4.98 Å². The van der Waals surface area contributed by atoms with Gasteiger partial charge in [-0.2, -0.15) is 0 Å². The molecule has 3 rings (SSSR count). The van der Waals surface area contributed by atoms with Crippen LogP contribution in [0.2, 0.25) is 0 Å². The first kappa shape index (κ1) is 21.6. The van der Waals surface area contributed by atoms with Gasteiger partial charge in [0, 0.05) is 23.2 Å². The number of ether oxygens (including phenoxy) is 3. The molecule has 0 amide bonds. The molecule has 0 atom stereocenters. The molecule has 0 radical (unpaired) electrons. The predicted octanol–water partition coefficient (Wildman–Crippen LogP) is 4.01. The third kappa shape index (κ3) is 5.27. The number of carbonyl (C=O) groups is 1. The molecule has 30 heavy (non-hydrogen) atoms. The minimum atomic E-state index is -0.524. The van der Waals surface area contributed by atoms with E-state index in [-0.39, 0.29) is 12.2 Å². The van der Waals surface area contributed by atoms with E-state index in [4.69, 9.17) is 14.2 Å². The first-order chi connectivity index (χ1) is 14.5. The standard InChI is InChI=1S/C22H24N2O5S/c1-4-10-28-18-8-6-16(11-19(18)27-5-2)7-9-21(26)29-13-17-12-20(25)24-15(3)14-30-22(24)23-17/h6-9,11-12,14H,4-5,10,13H2,1-3H3/b9-7+. The number of thiazole rings is 1. The van der Waals surface area contributed by atoms with Gasteiger partial charge in [-0.1, -0.05) is 13.0 Å². The lowest BCUT2D eigenvalue weighted by Gasteiger charge is -2.12. The number of aromatic nitrogens is 2. The molecular formula is C22H24N2O5S. The molecule has 0 aliphatic heterocycles. The molecule has 0 saturated heterocycles. The van der Waals surface area contributed by atoms with Gasteiger partial charge in [0.15, 0.2) is 16.5 Å². The van der Waals surface area contributed by atoms with Crippen molar-refractivity contribution in [3.8, 4) is 11.5 Å². The summed E-state index contributed by atoms with van der Waals surface area (Å²) in [4.78, 5) is 29.2. The third-order valence-corrected chi connectivity index (χ3v) is 5.08. The van der Waals surface area contributed by atoms with Crippen molar-refractivity contribution in [1.29, 1.82) is 0 Å². The lowest BCUT2D eigenvalue weighted by Crippen LogP contribution is -2.16. The van der Waals surface area contributed by atoms with Crippen LogP contribution in [-0.2, 0) is 16.1 Å². The summed E-state index contributed by atoms with van der Waals surface area (Å²) >= 11 is 1.37. The molecule has 0 unspecified atom stereocenters. The second kappa shape index (κ2) is 10.1. The Morgan fingerprint density at radius 2 is 2.03 bits per heavy atom. The number of hydrogen-bond acceptors (Lipinski definition) is 7. The van der Waals surface area contributed by atoms with Crippen molar-refractivity contribution >= 4 is 28.3 Å². The highest BCUT2D eigenvalue weighted by Crippen LogP contribution is 2.29. The zero-order chi connectivity index (χ0) is 21.5. The zero-order valence-corrected chi connectivity index (χ0v) is 18.0. The highest BCUT2D eigenvalue weighted by Gasteiger charge is 2.09. The van der Waals surface area contributed by atoms with E-state index in [0.717, 1.165) is 17.7 Å². The second-order valence-electron chi connectivity index (χ2n) is 6.51. The van der Waals surface area contributed by atoms with Gasteiger partial charge in [-0.15, -0.1) is 11.3 Å². The average Bonchev–Trinajstić information content (AvgIpc) is 3.11. The van der Waals surface area contributed by atoms with Gasteiger partial charge in [-0.25, -0.2) is 9.78 Å². The molecule has 8 heteroatoms. The SMILES string of the molecule is CCCOc1ccc(/C=C/C(=O)OCc2cc(=O)n3c(C)csc3n2)cc1OCC. The van der Waals surface area contributed by atoms with Crippen LogP contribution in [0.15, 0.2) is 40.5 Å². The Hall–Kier alpha value is -3.13. The Labute approximate surface area is 178 Å². The van der Waals surface area contributed by atoms with Gasteiger partial charge in [0.1, 0.15) is 6.61 Å². The number of carbonyl (C=O) groups excluding carboxylic acids is 1. The smallest absolute Gasteiger partial charge is 0.331 e. The summed E-state index contributed by atoms with van der Waals surface area (Å²) in [5, 5.41) is 1.86. The summed E-state index contributed by atoms with van der Waals surface area (Å²) in [6, 6.07) is 6.86. The number of nitrogens with zero attached hydrogens (tertiary/aromatic N) is 2. The molecule has 0 bridgehead atoms.